The highest BCUT2D eigenvalue weighted by Crippen LogP contribution is 2.46. The molecule has 5 rings (SSSR count). The highest BCUT2D eigenvalue weighted by atomic mass is 32.1. The van der Waals surface area contributed by atoms with Crippen molar-refractivity contribution in [2.24, 2.45) is 5.92 Å². The highest BCUT2D eigenvalue weighted by Gasteiger charge is 2.45. The van der Waals surface area contributed by atoms with Gasteiger partial charge in [-0.15, -0.1) is 11.3 Å². The molecule has 4 nitrogen and oxygen atoms in total. The van der Waals surface area contributed by atoms with Gasteiger partial charge >= 0.3 is 0 Å². The average Bonchev–Trinajstić information content (AvgIpc) is 3.17. The fourth-order valence-corrected chi connectivity index (χ4v) is 6.67. The zero-order chi connectivity index (χ0) is 20.7. The van der Waals surface area contributed by atoms with Crippen molar-refractivity contribution in [3.63, 3.8) is 0 Å². The molecule has 5 heteroatoms. The quantitative estimate of drug-likeness (QED) is 0.732. The topological polar surface area (TPSA) is 32.8 Å². The molecular formula is C25H32N2O2S. The Hall–Kier alpha value is -1.69. The number of nitrogens with zero attached hydrogens (tertiary/aromatic N) is 2. The maximum absolute atomic E-state index is 12.6. The molecule has 0 bridgehead atoms. The number of amides is 1. The van der Waals surface area contributed by atoms with Crippen LogP contribution in [0.2, 0.25) is 0 Å². The second kappa shape index (κ2) is 8.10. The van der Waals surface area contributed by atoms with E-state index in [0.29, 0.717) is 12.0 Å². The molecule has 2 aromatic rings. The number of hydrogen-bond acceptors (Lipinski definition) is 4. The molecule has 0 unspecified atom stereocenters. The van der Waals surface area contributed by atoms with E-state index in [1.807, 2.05) is 46.6 Å². The van der Waals surface area contributed by atoms with Crippen LogP contribution in [0.25, 0.3) is 0 Å². The Labute approximate surface area is 183 Å². The first-order valence-electron chi connectivity index (χ1n) is 11.4. The summed E-state index contributed by atoms with van der Waals surface area (Å²) in [7, 11) is 0. The summed E-state index contributed by atoms with van der Waals surface area (Å²) in [4.78, 5) is 20.3. The molecule has 1 amide bonds. The third kappa shape index (κ3) is 3.61. The highest BCUT2D eigenvalue weighted by molar-refractivity contribution is 7.12. The van der Waals surface area contributed by atoms with Gasteiger partial charge < -0.3 is 14.5 Å². The molecule has 160 valence electrons. The fraction of sp³-hybridized carbons (Fsp3) is 0.560. The lowest BCUT2D eigenvalue weighted by atomic mass is 9.79. The van der Waals surface area contributed by atoms with Crippen LogP contribution < -0.4 is 0 Å². The van der Waals surface area contributed by atoms with Crippen LogP contribution in [0.5, 0.6) is 0 Å². The van der Waals surface area contributed by atoms with Crippen molar-refractivity contribution in [1.82, 2.24) is 9.80 Å². The summed E-state index contributed by atoms with van der Waals surface area (Å²) in [5, 5.41) is 0. The average molecular weight is 425 g/mol. The van der Waals surface area contributed by atoms with E-state index in [4.69, 9.17) is 4.74 Å². The minimum atomic E-state index is -0.0671. The number of rotatable bonds is 4. The molecule has 0 N–H and O–H groups in total. The van der Waals surface area contributed by atoms with Gasteiger partial charge in [-0.2, -0.15) is 0 Å². The van der Waals surface area contributed by atoms with Gasteiger partial charge in [0, 0.05) is 59.9 Å². The van der Waals surface area contributed by atoms with Crippen LogP contribution in [0.4, 0.5) is 0 Å². The van der Waals surface area contributed by atoms with Crippen LogP contribution in [0, 0.1) is 5.92 Å². The van der Waals surface area contributed by atoms with Gasteiger partial charge in [-0.05, 0) is 49.9 Å². The summed E-state index contributed by atoms with van der Waals surface area (Å²) in [6, 6.07) is 12.6. The Morgan fingerprint density at radius 3 is 2.80 bits per heavy atom. The SMILES string of the molecule is CCc1cc2c(s1)CCO[C@@]21CCN(CC2CN(C(=O)c3ccccc3)C2)[C@@H](C)C1. The number of ether oxygens (including phenoxy) is 1. The Balaban J connectivity index is 1.18. The van der Waals surface area contributed by atoms with Crippen molar-refractivity contribution < 1.29 is 9.53 Å². The van der Waals surface area contributed by atoms with Gasteiger partial charge in [0.25, 0.3) is 5.91 Å². The van der Waals surface area contributed by atoms with E-state index in [-0.39, 0.29) is 11.5 Å². The van der Waals surface area contributed by atoms with Crippen LogP contribution >= 0.6 is 11.3 Å². The van der Waals surface area contributed by atoms with Gasteiger partial charge in [0.1, 0.15) is 0 Å². The summed E-state index contributed by atoms with van der Waals surface area (Å²) < 4.78 is 6.48. The van der Waals surface area contributed by atoms with E-state index in [2.05, 4.69) is 24.8 Å². The first-order valence-corrected chi connectivity index (χ1v) is 12.2. The molecule has 2 fully saturated rings. The normalized spacial score (nSPS) is 27.1. The predicted molar refractivity (Wildman–Crippen MR) is 121 cm³/mol. The number of fused-ring (bicyclic) bond motifs is 2. The third-order valence-electron chi connectivity index (χ3n) is 7.22. The van der Waals surface area contributed by atoms with Crippen LogP contribution in [-0.4, -0.2) is 54.5 Å². The lowest BCUT2D eigenvalue weighted by Crippen LogP contribution is -2.57. The van der Waals surface area contributed by atoms with Crippen molar-refractivity contribution in [1.29, 1.82) is 0 Å². The monoisotopic (exact) mass is 424 g/mol. The maximum atomic E-state index is 12.6. The van der Waals surface area contributed by atoms with E-state index in [9.17, 15) is 4.79 Å². The fourth-order valence-electron chi connectivity index (χ4n) is 5.49. The van der Waals surface area contributed by atoms with Gasteiger partial charge in [0.2, 0.25) is 0 Å². The summed E-state index contributed by atoms with van der Waals surface area (Å²) in [6.45, 7) is 9.41. The number of hydrogen-bond donors (Lipinski definition) is 0. The number of aryl methyl sites for hydroxylation is 1. The summed E-state index contributed by atoms with van der Waals surface area (Å²) >= 11 is 2.00. The molecule has 3 aliphatic rings. The van der Waals surface area contributed by atoms with Crippen molar-refractivity contribution in [3.8, 4) is 0 Å². The lowest BCUT2D eigenvalue weighted by molar-refractivity contribution is -0.114. The molecule has 2 atom stereocenters. The molecule has 1 aromatic heterocycles. The Bertz CT molecular complexity index is 905. The molecule has 1 spiro atoms. The van der Waals surface area contributed by atoms with Gasteiger partial charge in [0.05, 0.1) is 12.2 Å². The minimum Gasteiger partial charge on any atom is -0.370 e. The number of likely N-dealkylation sites (tertiary alicyclic amines) is 2. The summed E-state index contributed by atoms with van der Waals surface area (Å²) in [5.41, 5.74) is 2.23. The minimum absolute atomic E-state index is 0.0671. The van der Waals surface area contributed by atoms with E-state index in [1.165, 1.54) is 10.4 Å². The smallest absolute Gasteiger partial charge is 0.253 e. The van der Waals surface area contributed by atoms with E-state index in [0.717, 1.165) is 64.0 Å². The predicted octanol–water partition coefficient (Wildman–Crippen LogP) is 4.34. The van der Waals surface area contributed by atoms with Gasteiger partial charge in [0.15, 0.2) is 0 Å². The van der Waals surface area contributed by atoms with Gasteiger partial charge in [-0.25, -0.2) is 0 Å². The Kier molecular flexibility index (Phi) is 5.46. The summed E-state index contributed by atoms with van der Waals surface area (Å²) in [6.07, 6.45) is 4.37. The largest absolute Gasteiger partial charge is 0.370 e. The standard InChI is InChI=1S/C25H32N2O2S/c1-3-21-13-22-23(30-21)9-12-29-25(22)10-11-26(18(2)14-25)15-19-16-27(17-19)24(28)20-7-5-4-6-8-20/h4-8,13,18-19H,3,9-12,14-17H2,1-2H3/t18-,25+/m0/s1. The van der Waals surface area contributed by atoms with Crippen molar-refractivity contribution in [3.05, 3.63) is 57.3 Å². The molecule has 2 saturated heterocycles. The van der Waals surface area contributed by atoms with Crippen molar-refractivity contribution >= 4 is 17.2 Å². The zero-order valence-corrected chi connectivity index (χ0v) is 18.9. The number of piperidine rings is 1. The zero-order valence-electron chi connectivity index (χ0n) is 18.1. The second-order valence-electron chi connectivity index (χ2n) is 9.24. The molecule has 4 heterocycles. The van der Waals surface area contributed by atoms with Crippen LogP contribution in [0.1, 0.15) is 52.4 Å². The molecule has 0 saturated carbocycles. The van der Waals surface area contributed by atoms with Crippen molar-refractivity contribution in [2.45, 2.75) is 51.2 Å². The molecule has 0 aliphatic carbocycles. The first-order chi connectivity index (χ1) is 14.6. The van der Waals surface area contributed by atoms with E-state index in [1.54, 1.807) is 4.88 Å². The molecule has 30 heavy (non-hydrogen) atoms. The van der Waals surface area contributed by atoms with Crippen LogP contribution in [0.15, 0.2) is 36.4 Å². The maximum Gasteiger partial charge on any atom is 0.253 e. The van der Waals surface area contributed by atoms with Crippen LogP contribution in [0.3, 0.4) is 0 Å². The number of carbonyl (C=O) groups excluding carboxylic acids is 1. The molecular weight excluding hydrogens is 392 g/mol. The molecule has 3 aliphatic heterocycles. The number of carbonyl (C=O) groups is 1. The lowest BCUT2D eigenvalue weighted by Gasteiger charge is -2.49. The second-order valence-corrected chi connectivity index (χ2v) is 10.5. The van der Waals surface area contributed by atoms with Gasteiger partial charge in [-0.3, -0.25) is 4.79 Å². The van der Waals surface area contributed by atoms with Crippen molar-refractivity contribution in [2.75, 3.05) is 32.8 Å². The number of thiophene rings is 1. The van der Waals surface area contributed by atoms with Crippen LogP contribution in [-0.2, 0) is 23.2 Å². The molecule has 0 radical (unpaired) electrons. The molecule has 1 aromatic carbocycles. The third-order valence-corrected chi connectivity index (χ3v) is 8.56. The van der Waals surface area contributed by atoms with Gasteiger partial charge in [-0.1, -0.05) is 25.1 Å². The van der Waals surface area contributed by atoms with E-state index >= 15 is 0 Å². The number of benzene rings is 1. The first kappa shape index (κ1) is 20.2. The Morgan fingerprint density at radius 2 is 2.07 bits per heavy atom. The summed E-state index contributed by atoms with van der Waals surface area (Å²) in [5.74, 6) is 0.759. The van der Waals surface area contributed by atoms with E-state index < -0.39 is 0 Å². The Morgan fingerprint density at radius 1 is 1.27 bits per heavy atom.